The van der Waals surface area contributed by atoms with Crippen molar-refractivity contribution in [1.82, 2.24) is 14.9 Å². The fourth-order valence-electron chi connectivity index (χ4n) is 2.25. The lowest BCUT2D eigenvalue weighted by atomic mass is 10.0. The van der Waals surface area contributed by atoms with Gasteiger partial charge < -0.3 is 15.7 Å². The summed E-state index contributed by atoms with van der Waals surface area (Å²) in [7, 11) is 2.07. The van der Waals surface area contributed by atoms with Gasteiger partial charge in [-0.15, -0.1) is 0 Å². The largest absolute Gasteiger partial charge is 0.480 e. The van der Waals surface area contributed by atoms with Gasteiger partial charge in [-0.25, -0.2) is 9.97 Å². The van der Waals surface area contributed by atoms with Crippen LogP contribution in [-0.2, 0) is 4.79 Å². The zero-order valence-electron chi connectivity index (χ0n) is 10.6. The van der Waals surface area contributed by atoms with E-state index in [2.05, 4.69) is 21.9 Å². The third-order valence-electron chi connectivity index (χ3n) is 3.25. The number of carbonyl (C=O) groups is 1. The molecule has 6 heteroatoms. The van der Waals surface area contributed by atoms with E-state index in [0.29, 0.717) is 5.92 Å². The Bertz CT molecular complexity index is 463. The van der Waals surface area contributed by atoms with Gasteiger partial charge in [0.1, 0.15) is 0 Å². The van der Waals surface area contributed by atoms with Crippen molar-refractivity contribution in [3.63, 3.8) is 0 Å². The molecule has 6 nitrogen and oxygen atoms in total. The quantitative estimate of drug-likeness (QED) is 0.801. The Balaban J connectivity index is 2.29. The van der Waals surface area contributed by atoms with Crippen LogP contribution in [0.1, 0.15) is 35.6 Å². The smallest absolute Gasteiger partial charge is 0.328 e. The lowest BCUT2D eigenvalue weighted by molar-refractivity contribution is -0.138. The summed E-state index contributed by atoms with van der Waals surface area (Å²) in [6.45, 7) is 3.81. The van der Waals surface area contributed by atoms with Crippen LogP contribution in [0.4, 0.5) is 0 Å². The van der Waals surface area contributed by atoms with Crippen LogP contribution >= 0.6 is 0 Å². The summed E-state index contributed by atoms with van der Waals surface area (Å²) in [5.41, 5.74) is 7.23. The standard InChI is InChI=1S/C12H18N4O2/c1-7-5-9(8-3-4-16(2)6-8)15-11(14-7)10(13)12(17)18/h5,8,10H,3-4,6,13H2,1-2H3,(H,17,18). The van der Waals surface area contributed by atoms with Crippen LogP contribution in [0.15, 0.2) is 6.07 Å². The average Bonchev–Trinajstić information content (AvgIpc) is 2.74. The van der Waals surface area contributed by atoms with E-state index in [4.69, 9.17) is 10.8 Å². The number of carboxylic acids is 1. The van der Waals surface area contributed by atoms with Crippen molar-refractivity contribution in [2.45, 2.75) is 25.3 Å². The zero-order chi connectivity index (χ0) is 13.3. The summed E-state index contributed by atoms with van der Waals surface area (Å²) < 4.78 is 0. The van der Waals surface area contributed by atoms with Crippen molar-refractivity contribution < 1.29 is 9.90 Å². The summed E-state index contributed by atoms with van der Waals surface area (Å²) in [6, 6.07) is 0.768. The van der Waals surface area contributed by atoms with E-state index in [-0.39, 0.29) is 5.82 Å². The Morgan fingerprint density at radius 1 is 1.61 bits per heavy atom. The lowest BCUT2D eigenvalue weighted by Crippen LogP contribution is -2.24. The number of hydrogen-bond acceptors (Lipinski definition) is 5. The van der Waals surface area contributed by atoms with E-state index in [0.717, 1.165) is 30.9 Å². The van der Waals surface area contributed by atoms with Gasteiger partial charge in [0.2, 0.25) is 0 Å². The Hall–Kier alpha value is -1.53. The Labute approximate surface area is 106 Å². The van der Waals surface area contributed by atoms with Crippen molar-refractivity contribution >= 4 is 5.97 Å². The Morgan fingerprint density at radius 2 is 2.33 bits per heavy atom. The van der Waals surface area contributed by atoms with Gasteiger partial charge in [0.25, 0.3) is 0 Å². The highest BCUT2D eigenvalue weighted by atomic mass is 16.4. The molecule has 0 radical (unpaired) electrons. The van der Waals surface area contributed by atoms with Gasteiger partial charge in [0.05, 0.1) is 0 Å². The predicted octanol–water partition coefficient (Wildman–Crippen LogP) is 0.289. The first kappa shape index (κ1) is 12.9. The monoisotopic (exact) mass is 250 g/mol. The number of carboxylic acid groups (broad SMARTS) is 1. The predicted molar refractivity (Wildman–Crippen MR) is 66.2 cm³/mol. The minimum absolute atomic E-state index is 0.201. The van der Waals surface area contributed by atoms with Crippen LogP contribution in [-0.4, -0.2) is 46.1 Å². The molecule has 1 aliphatic heterocycles. The van der Waals surface area contributed by atoms with Gasteiger partial charge in [-0.1, -0.05) is 0 Å². The second-order valence-corrected chi connectivity index (χ2v) is 4.86. The molecule has 2 heterocycles. The third-order valence-corrected chi connectivity index (χ3v) is 3.25. The molecule has 0 bridgehead atoms. The molecule has 1 aromatic rings. The molecule has 2 atom stereocenters. The van der Waals surface area contributed by atoms with Gasteiger partial charge in [0.15, 0.2) is 11.9 Å². The maximum absolute atomic E-state index is 10.9. The number of aromatic nitrogens is 2. The first-order valence-electron chi connectivity index (χ1n) is 6.00. The molecule has 0 saturated carbocycles. The number of aliphatic carboxylic acids is 1. The minimum atomic E-state index is -1.15. The van der Waals surface area contributed by atoms with Gasteiger partial charge >= 0.3 is 5.97 Å². The van der Waals surface area contributed by atoms with Gasteiger partial charge in [0, 0.05) is 23.9 Å². The van der Waals surface area contributed by atoms with E-state index < -0.39 is 12.0 Å². The molecule has 0 amide bonds. The van der Waals surface area contributed by atoms with Gasteiger partial charge in [-0.3, -0.25) is 4.79 Å². The first-order valence-corrected chi connectivity index (χ1v) is 6.00. The highest BCUT2D eigenvalue weighted by molar-refractivity contribution is 5.73. The summed E-state index contributed by atoms with van der Waals surface area (Å²) in [6.07, 6.45) is 1.04. The van der Waals surface area contributed by atoms with E-state index in [1.165, 1.54) is 0 Å². The normalized spacial score (nSPS) is 22.1. The third kappa shape index (κ3) is 2.65. The molecule has 3 N–H and O–H groups in total. The number of likely N-dealkylation sites (tertiary alicyclic amines) is 1. The molecule has 18 heavy (non-hydrogen) atoms. The van der Waals surface area contributed by atoms with Crippen molar-refractivity contribution in [2.24, 2.45) is 5.73 Å². The van der Waals surface area contributed by atoms with E-state index in [1.807, 2.05) is 13.0 Å². The Morgan fingerprint density at radius 3 is 2.89 bits per heavy atom. The number of nitrogens with zero attached hydrogens (tertiary/aromatic N) is 3. The fourth-order valence-corrected chi connectivity index (χ4v) is 2.25. The van der Waals surface area contributed by atoms with Gasteiger partial charge in [-0.05, 0) is 33.0 Å². The molecular weight excluding hydrogens is 232 g/mol. The number of aryl methyl sites for hydroxylation is 1. The Kier molecular flexibility index (Phi) is 3.58. The summed E-state index contributed by atoms with van der Waals surface area (Å²) in [5, 5.41) is 8.91. The summed E-state index contributed by atoms with van der Waals surface area (Å²) in [4.78, 5) is 21.6. The molecule has 1 aromatic heterocycles. The zero-order valence-corrected chi connectivity index (χ0v) is 10.6. The maximum Gasteiger partial charge on any atom is 0.328 e. The second-order valence-electron chi connectivity index (χ2n) is 4.86. The number of nitrogens with two attached hydrogens (primary N) is 1. The number of rotatable bonds is 3. The van der Waals surface area contributed by atoms with Crippen LogP contribution in [0.3, 0.4) is 0 Å². The highest BCUT2D eigenvalue weighted by Crippen LogP contribution is 2.25. The molecule has 0 aliphatic carbocycles. The molecule has 1 saturated heterocycles. The topological polar surface area (TPSA) is 92.3 Å². The fraction of sp³-hybridized carbons (Fsp3) is 0.583. The second kappa shape index (κ2) is 4.99. The van der Waals surface area contributed by atoms with E-state index in [1.54, 1.807) is 0 Å². The van der Waals surface area contributed by atoms with Crippen LogP contribution in [0.25, 0.3) is 0 Å². The van der Waals surface area contributed by atoms with E-state index in [9.17, 15) is 4.79 Å². The molecule has 1 fully saturated rings. The van der Waals surface area contributed by atoms with Crippen LogP contribution in [0, 0.1) is 6.92 Å². The molecular formula is C12H18N4O2. The van der Waals surface area contributed by atoms with Crippen molar-refractivity contribution in [3.8, 4) is 0 Å². The maximum atomic E-state index is 10.9. The molecule has 98 valence electrons. The first-order chi connectivity index (χ1) is 8.47. The van der Waals surface area contributed by atoms with Crippen LogP contribution < -0.4 is 5.73 Å². The minimum Gasteiger partial charge on any atom is -0.480 e. The number of hydrogen-bond donors (Lipinski definition) is 2. The van der Waals surface area contributed by atoms with Crippen molar-refractivity contribution in [2.75, 3.05) is 20.1 Å². The molecule has 2 rings (SSSR count). The van der Waals surface area contributed by atoms with Crippen molar-refractivity contribution in [1.29, 1.82) is 0 Å². The number of likely N-dealkylation sites (N-methyl/N-ethyl adjacent to an activating group) is 1. The summed E-state index contributed by atoms with van der Waals surface area (Å²) >= 11 is 0. The van der Waals surface area contributed by atoms with Crippen LogP contribution in [0.2, 0.25) is 0 Å². The molecule has 1 aliphatic rings. The highest BCUT2D eigenvalue weighted by Gasteiger charge is 2.25. The molecule has 0 aromatic carbocycles. The van der Waals surface area contributed by atoms with Crippen molar-refractivity contribution in [3.05, 3.63) is 23.3 Å². The SMILES string of the molecule is Cc1cc(C2CCN(C)C2)nc(C(N)C(=O)O)n1. The van der Waals surface area contributed by atoms with Gasteiger partial charge in [-0.2, -0.15) is 0 Å². The van der Waals surface area contributed by atoms with Crippen LogP contribution in [0.5, 0.6) is 0 Å². The molecule has 0 spiro atoms. The molecule has 2 unspecified atom stereocenters. The van der Waals surface area contributed by atoms with E-state index >= 15 is 0 Å². The average molecular weight is 250 g/mol. The lowest BCUT2D eigenvalue weighted by Gasteiger charge is -2.13. The summed E-state index contributed by atoms with van der Waals surface area (Å²) in [5.74, 6) is -0.557.